The third-order valence-corrected chi connectivity index (χ3v) is 6.00. The number of amides is 2. The van der Waals surface area contributed by atoms with Crippen LogP contribution < -0.4 is 4.18 Å². The van der Waals surface area contributed by atoms with Gasteiger partial charge in [-0.15, -0.1) is 0 Å². The molecule has 1 aliphatic rings. The van der Waals surface area contributed by atoms with Crippen LogP contribution in [0.2, 0.25) is 0 Å². The van der Waals surface area contributed by atoms with Crippen molar-refractivity contribution in [3.05, 3.63) is 59.2 Å². The number of carbonyl (C=O) groups is 3. The standard InChI is InChI=1S/C21H21NO7S/c1-14-5-6-15(2)18(12-14)30(26,27)29-17-9-7-16(8-10-17)21(25)28-13-20(24)22-11-3-4-19(22)23/h5-10,12H,3-4,11,13H2,1-2H3. The van der Waals surface area contributed by atoms with Gasteiger partial charge in [0.05, 0.1) is 5.56 Å². The van der Waals surface area contributed by atoms with E-state index in [4.69, 9.17) is 8.92 Å². The van der Waals surface area contributed by atoms with Crippen molar-refractivity contribution < 1.29 is 31.7 Å². The van der Waals surface area contributed by atoms with Crippen molar-refractivity contribution in [2.75, 3.05) is 13.2 Å². The maximum Gasteiger partial charge on any atom is 0.339 e. The molecule has 0 bridgehead atoms. The van der Waals surface area contributed by atoms with Crippen LogP contribution in [0.15, 0.2) is 47.4 Å². The molecule has 0 N–H and O–H groups in total. The lowest BCUT2D eigenvalue weighted by Crippen LogP contribution is -2.35. The highest BCUT2D eigenvalue weighted by molar-refractivity contribution is 7.87. The molecule has 0 spiro atoms. The van der Waals surface area contributed by atoms with Gasteiger partial charge in [-0.3, -0.25) is 14.5 Å². The van der Waals surface area contributed by atoms with Crippen LogP contribution in [0.25, 0.3) is 0 Å². The maximum absolute atomic E-state index is 12.5. The van der Waals surface area contributed by atoms with Gasteiger partial charge in [0.2, 0.25) is 5.91 Å². The van der Waals surface area contributed by atoms with E-state index in [1.807, 2.05) is 0 Å². The Morgan fingerprint density at radius 1 is 1.07 bits per heavy atom. The number of aryl methyl sites for hydroxylation is 2. The van der Waals surface area contributed by atoms with E-state index in [1.54, 1.807) is 26.0 Å². The van der Waals surface area contributed by atoms with Gasteiger partial charge in [-0.05, 0) is 61.7 Å². The number of likely N-dealkylation sites (tertiary alicyclic amines) is 1. The van der Waals surface area contributed by atoms with Gasteiger partial charge < -0.3 is 8.92 Å². The van der Waals surface area contributed by atoms with Gasteiger partial charge in [-0.25, -0.2) is 4.79 Å². The minimum atomic E-state index is -4.03. The van der Waals surface area contributed by atoms with Gasteiger partial charge in [-0.1, -0.05) is 12.1 Å². The van der Waals surface area contributed by atoms with Gasteiger partial charge in [0.25, 0.3) is 5.91 Å². The fourth-order valence-electron chi connectivity index (χ4n) is 3.00. The van der Waals surface area contributed by atoms with E-state index in [1.165, 1.54) is 30.3 Å². The Morgan fingerprint density at radius 2 is 1.77 bits per heavy atom. The van der Waals surface area contributed by atoms with E-state index in [2.05, 4.69) is 0 Å². The van der Waals surface area contributed by atoms with Gasteiger partial charge in [0, 0.05) is 13.0 Å². The zero-order valence-corrected chi connectivity index (χ0v) is 17.4. The Bertz CT molecular complexity index is 1090. The molecule has 1 fully saturated rings. The zero-order chi connectivity index (χ0) is 21.9. The Kier molecular flexibility index (Phi) is 6.21. The van der Waals surface area contributed by atoms with E-state index in [0.717, 1.165) is 10.5 Å². The molecule has 3 rings (SSSR count). The molecule has 2 aromatic carbocycles. The first-order valence-corrected chi connectivity index (χ1v) is 10.7. The molecular weight excluding hydrogens is 410 g/mol. The van der Waals surface area contributed by atoms with Crippen molar-refractivity contribution in [2.24, 2.45) is 0 Å². The number of benzene rings is 2. The third kappa shape index (κ3) is 4.85. The van der Waals surface area contributed by atoms with Crippen molar-refractivity contribution in [2.45, 2.75) is 31.6 Å². The van der Waals surface area contributed by atoms with Gasteiger partial charge in [0.1, 0.15) is 10.6 Å². The molecule has 158 valence electrons. The van der Waals surface area contributed by atoms with Crippen LogP contribution >= 0.6 is 0 Å². The lowest BCUT2D eigenvalue weighted by molar-refractivity contribution is -0.143. The summed E-state index contributed by atoms with van der Waals surface area (Å²) in [6, 6.07) is 10.3. The van der Waals surface area contributed by atoms with Crippen molar-refractivity contribution >= 4 is 27.9 Å². The minimum absolute atomic E-state index is 0.0335. The van der Waals surface area contributed by atoms with Crippen LogP contribution in [-0.2, 0) is 24.4 Å². The molecule has 0 aromatic heterocycles. The first kappa shape index (κ1) is 21.5. The molecule has 0 radical (unpaired) electrons. The molecular formula is C21H21NO7S. The maximum atomic E-state index is 12.5. The van der Waals surface area contributed by atoms with E-state index >= 15 is 0 Å². The summed E-state index contributed by atoms with van der Waals surface area (Å²) in [5.41, 5.74) is 1.46. The van der Waals surface area contributed by atoms with Crippen LogP contribution in [0.5, 0.6) is 5.75 Å². The quantitative estimate of drug-likeness (QED) is 0.510. The molecule has 1 heterocycles. The summed E-state index contributed by atoms with van der Waals surface area (Å²) in [5.74, 6) is -1.57. The second kappa shape index (κ2) is 8.66. The monoisotopic (exact) mass is 431 g/mol. The van der Waals surface area contributed by atoms with Crippen LogP contribution in [-0.4, -0.2) is 44.3 Å². The number of ether oxygens (including phenoxy) is 1. The molecule has 1 aliphatic heterocycles. The molecule has 2 aromatic rings. The van der Waals surface area contributed by atoms with E-state index in [-0.39, 0.29) is 22.1 Å². The summed E-state index contributed by atoms with van der Waals surface area (Å²) in [4.78, 5) is 36.7. The Morgan fingerprint density at radius 3 is 2.40 bits per heavy atom. The fraction of sp³-hybridized carbons (Fsp3) is 0.286. The number of imide groups is 1. The normalized spacial score (nSPS) is 13.9. The molecule has 2 amide bonds. The fourth-order valence-corrected chi connectivity index (χ4v) is 4.24. The highest BCUT2D eigenvalue weighted by Gasteiger charge is 2.27. The molecule has 0 aliphatic carbocycles. The van der Waals surface area contributed by atoms with Gasteiger partial charge >= 0.3 is 16.1 Å². The summed E-state index contributed by atoms with van der Waals surface area (Å²) in [5, 5.41) is 0. The second-order valence-corrected chi connectivity index (χ2v) is 8.46. The number of esters is 1. The van der Waals surface area contributed by atoms with Crippen LogP contribution in [0.1, 0.15) is 34.3 Å². The third-order valence-electron chi connectivity index (χ3n) is 4.61. The zero-order valence-electron chi connectivity index (χ0n) is 16.6. The lowest BCUT2D eigenvalue weighted by Gasteiger charge is -2.13. The molecule has 9 heteroatoms. The Hall–Kier alpha value is -3.20. The average molecular weight is 431 g/mol. The largest absolute Gasteiger partial charge is 0.452 e. The van der Waals surface area contributed by atoms with Gasteiger partial charge in [-0.2, -0.15) is 8.42 Å². The predicted molar refractivity (Wildman–Crippen MR) is 106 cm³/mol. The van der Waals surface area contributed by atoms with Crippen LogP contribution in [0, 0.1) is 13.8 Å². The smallest absolute Gasteiger partial charge is 0.339 e. The molecule has 0 atom stereocenters. The minimum Gasteiger partial charge on any atom is -0.452 e. The predicted octanol–water partition coefficient (Wildman–Crippen LogP) is 2.38. The summed E-state index contributed by atoms with van der Waals surface area (Å²) >= 11 is 0. The van der Waals surface area contributed by atoms with E-state index in [9.17, 15) is 22.8 Å². The van der Waals surface area contributed by atoms with Crippen molar-refractivity contribution in [1.82, 2.24) is 4.90 Å². The topological polar surface area (TPSA) is 107 Å². The Labute approximate surface area is 174 Å². The lowest BCUT2D eigenvalue weighted by atomic mass is 10.2. The number of hydrogen-bond acceptors (Lipinski definition) is 7. The number of nitrogens with zero attached hydrogens (tertiary/aromatic N) is 1. The average Bonchev–Trinajstić information content (AvgIpc) is 3.14. The molecule has 30 heavy (non-hydrogen) atoms. The van der Waals surface area contributed by atoms with Crippen LogP contribution in [0.4, 0.5) is 0 Å². The van der Waals surface area contributed by atoms with Gasteiger partial charge in [0.15, 0.2) is 6.61 Å². The SMILES string of the molecule is Cc1ccc(C)c(S(=O)(=O)Oc2ccc(C(=O)OCC(=O)N3CCCC3=O)cc2)c1. The highest BCUT2D eigenvalue weighted by atomic mass is 32.2. The van der Waals surface area contributed by atoms with Crippen molar-refractivity contribution in [3.8, 4) is 5.75 Å². The summed E-state index contributed by atoms with van der Waals surface area (Å²) in [7, 11) is -4.03. The van der Waals surface area contributed by atoms with Crippen molar-refractivity contribution in [1.29, 1.82) is 0 Å². The Balaban J connectivity index is 1.63. The molecule has 8 nitrogen and oxygen atoms in total. The summed E-state index contributed by atoms with van der Waals surface area (Å²) in [6.07, 6.45) is 0.914. The number of rotatable bonds is 6. The molecule has 0 saturated carbocycles. The second-order valence-electron chi connectivity index (χ2n) is 6.95. The first-order chi connectivity index (χ1) is 14.2. The van der Waals surface area contributed by atoms with E-state index in [0.29, 0.717) is 24.9 Å². The highest BCUT2D eigenvalue weighted by Crippen LogP contribution is 2.23. The van der Waals surface area contributed by atoms with Crippen LogP contribution in [0.3, 0.4) is 0 Å². The first-order valence-electron chi connectivity index (χ1n) is 9.29. The summed E-state index contributed by atoms with van der Waals surface area (Å²) < 4.78 is 35.2. The molecule has 1 saturated heterocycles. The van der Waals surface area contributed by atoms with E-state index < -0.39 is 28.6 Å². The number of carbonyl (C=O) groups excluding carboxylic acids is 3. The van der Waals surface area contributed by atoms with Crippen molar-refractivity contribution in [3.63, 3.8) is 0 Å². The molecule has 0 unspecified atom stereocenters. The summed E-state index contributed by atoms with van der Waals surface area (Å²) in [6.45, 7) is 3.25. The number of hydrogen-bond donors (Lipinski definition) is 0.